The van der Waals surface area contributed by atoms with Crippen molar-refractivity contribution in [1.29, 1.82) is 0 Å². The Balaban J connectivity index is 1.45. The van der Waals surface area contributed by atoms with E-state index in [1.54, 1.807) is 43.3 Å². The molecule has 0 spiro atoms. The lowest BCUT2D eigenvalue weighted by Crippen LogP contribution is -2.42. The number of amides is 1. The molecule has 0 saturated carbocycles. The van der Waals surface area contributed by atoms with Gasteiger partial charge < -0.3 is 25.3 Å². The largest absolute Gasteiger partial charge is 0.397 e. The molecule has 0 bridgehead atoms. The zero-order valence-electron chi connectivity index (χ0n) is 19.6. The van der Waals surface area contributed by atoms with Crippen LogP contribution in [0, 0.1) is 5.82 Å². The van der Waals surface area contributed by atoms with Crippen LogP contribution in [0.25, 0.3) is 33.3 Å². The van der Waals surface area contributed by atoms with E-state index in [0.29, 0.717) is 35.4 Å². The van der Waals surface area contributed by atoms with E-state index in [0.717, 1.165) is 19.4 Å². The van der Waals surface area contributed by atoms with Crippen LogP contribution >= 0.6 is 0 Å². The van der Waals surface area contributed by atoms with E-state index >= 15 is 0 Å². The number of hydrogen-bond acceptors (Lipinski definition) is 6. The van der Waals surface area contributed by atoms with Crippen LogP contribution in [0.4, 0.5) is 15.8 Å². The fraction of sp³-hybridized carbons (Fsp3) is 0.320. The third-order valence-electron chi connectivity index (χ3n) is 6.69. The summed E-state index contributed by atoms with van der Waals surface area (Å²) >= 11 is 0. The van der Waals surface area contributed by atoms with E-state index in [1.807, 2.05) is 0 Å². The highest BCUT2D eigenvalue weighted by Crippen LogP contribution is 2.30. The van der Waals surface area contributed by atoms with E-state index in [2.05, 4.69) is 19.9 Å². The molecule has 182 valence electrons. The van der Waals surface area contributed by atoms with Crippen LogP contribution in [0.3, 0.4) is 0 Å². The molecule has 2 aromatic heterocycles. The molecule has 1 atom stereocenters. The number of anilines is 2. The summed E-state index contributed by atoms with van der Waals surface area (Å²) in [5.74, 6) is -0.325. The number of pyridine rings is 1. The Morgan fingerprint density at radius 3 is 2.91 bits per heavy atom. The van der Waals surface area contributed by atoms with Gasteiger partial charge in [0.2, 0.25) is 5.91 Å². The maximum absolute atomic E-state index is 14.4. The van der Waals surface area contributed by atoms with Crippen molar-refractivity contribution in [2.24, 2.45) is 0 Å². The van der Waals surface area contributed by atoms with Crippen molar-refractivity contribution in [3.8, 4) is 11.4 Å². The monoisotopic (exact) mass is 478 g/mol. The Kier molecular flexibility index (Phi) is 6.00. The number of nitrogens with two attached hydrogens (primary N) is 1. The molecule has 4 aromatic rings. The number of likely N-dealkylation sites (tertiary alicyclic amines) is 1. The SMILES string of the molecule is COC[C@@H]1CCCN1CC(=O)N(C)c1ccc2nc(-c3c(N)c4c(F)cccc4[nH]c3=O)[nH]c2c1. The number of imidazole rings is 1. The minimum atomic E-state index is -0.526. The summed E-state index contributed by atoms with van der Waals surface area (Å²) in [4.78, 5) is 39.8. The van der Waals surface area contributed by atoms with Gasteiger partial charge in [-0.1, -0.05) is 6.07 Å². The standard InChI is InChI=1S/C25H27FN6O3/c1-31(20(33)12-32-10-4-5-15(32)13-35-2)14-8-9-17-19(11-14)29-24(28-17)22-23(27)21-16(26)6-3-7-18(21)30-25(22)34/h3,6-9,11,15H,4-5,10,12-13H2,1-2H3,(H,28,29)(H3,27,30,34)/t15-/m0/s1. The van der Waals surface area contributed by atoms with Crippen molar-refractivity contribution in [1.82, 2.24) is 19.9 Å². The van der Waals surface area contributed by atoms with Crippen molar-refractivity contribution in [3.05, 3.63) is 52.6 Å². The molecule has 0 radical (unpaired) electrons. The topological polar surface area (TPSA) is 120 Å². The summed E-state index contributed by atoms with van der Waals surface area (Å²) in [7, 11) is 3.41. The molecule has 1 fully saturated rings. The van der Waals surface area contributed by atoms with Crippen molar-refractivity contribution in [2.45, 2.75) is 18.9 Å². The summed E-state index contributed by atoms with van der Waals surface area (Å²) in [6, 6.07) is 10.0. The van der Waals surface area contributed by atoms with Crippen LogP contribution in [-0.2, 0) is 9.53 Å². The number of nitrogens with zero attached hydrogens (tertiary/aromatic N) is 3. The van der Waals surface area contributed by atoms with Gasteiger partial charge >= 0.3 is 0 Å². The summed E-state index contributed by atoms with van der Waals surface area (Å²) in [6.07, 6.45) is 2.07. The zero-order chi connectivity index (χ0) is 24.7. The lowest BCUT2D eigenvalue weighted by molar-refractivity contribution is -0.119. The van der Waals surface area contributed by atoms with Crippen LogP contribution < -0.4 is 16.2 Å². The molecule has 1 saturated heterocycles. The molecular formula is C25H27FN6O3. The van der Waals surface area contributed by atoms with Crippen LogP contribution in [0.5, 0.6) is 0 Å². The molecule has 4 N–H and O–H groups in total. The number of halogens is 1. The van der Waals surface area contributed by atoms with Gasteiger partial charge in [-0.3, -0.25) is 14.5 Å². The first-order chi connectivity index (χ1) is 16.9. The highest BCUT2D eigenvalue weighted by molar-refractivity contribution is 5.99. The van der Waals surface area contributed by atoms with Gasteiger partial charge in [0, 0.05) is 25.9 Å². The number of likely N-dealkylation sites (N-methyl/N-ethyl adjacent to an activating group) is 1. The Labute approximate surface area is 200 Å². The normalized spacial score (nSPS) is 16.4. The first kappa shape index (κ1) is 23.0. The van der Waals surface area contributed by atoms with Gasteiger partial charge in [-0.2, -0.15) is 0 Å². The number of fused-ring (bicyclic) bond motifs is 2. The molecule has 35 heavy (non-hydrogen) atoms. The summed E-state index contributed by atoms with van der Waals surface area (Å²) in [6.45, 7) is 1.80. The molecule has 1 aliphatic rings. The van der Waals surface area contributed by atoms with Gasteiger partial charge in [0.25, 0.3) is 5.56 Å². The Hall–Kier alpha value is -3.76. The molecule has 5 rings (SSSR count). The number of aromatic nitrogens is 3. The average Bonchev–Trinajstić information content (AvgIpc) is 3.44. The second kappa shape index (κ2) is 9.12. The van der Waals surface area contributed by atoms with Gasteiger partial charge in [0.05, 0.1) is 40.8 Å². The van der Waals surface area contributed by atoms with Crippen LogP contribution in [0.1, 0.15) is 12.8 Å². The number of aromatic amines is 2. The molecule has 1 amide bonds. The first-order valence-corrected chi connectivity index (χ1v) is 11.5. The predicted octanol–water partition coefficient (Wildman–Crippen LogP) is 2.87. The van der Waals surface area contributed by atoms with E-state index < -0.39 is 11.4 Å². The number of nitrogen functional groups attached to an aromatic ring is 1. The molecule has 0 aliphatic carbocycles. The average molecular weight is 479 g/mol. The number of benzene rings is 2. The van der Waals surface area contributed by atoms with Crippen LogP contribution in [-0.4, -0.2) is 65.7 Å². The van der Waals surface area contributed by atoms with Crippen LogP contribution in [0.15, 0.2) is 41.2 Å². The predicted molar refractivity (Wildman–Crippen MR) is 134 cm³/mol. The summed E-state index contributed by atoms with van der Waals surface area (Å²) in [5, 5.41) is 0.141. The molecule has 0 unspecified atom stereocenters. The third-order valence-corrected chi connectivity index (χ3v) is 6.69. The molecular weight excluding hydrogens is 451 g/mol. The number of carbonyl (C=O) groups is 1. The second-order valence-electron chi connectivity index (χ2n) is 8.87. The number of ether oxygens (including phenoxy) is 1. The Morgan fingerprint density at radius 2 is 2.11 bits per heavy atom. The van der Waals surface area contributed by atoms with Crippen molar-refractivity contribution >= 4 is 39.2 Å². The lowest BCUT2D eigenvalue weighted by atomic mass is 10.1. The van der Waals surface area contributed by atoms with E-state index in [9.17, 15) is 14.0 Å². The number of hydrogen-bond donors (Lipinski definition) is 3. The molecule has 9 nitrogen and oxygen atoms in total. The highest BCUT2D eigenvalue weighted by atomic mass is 19.1. The van der Waals surface area contributed by atoms with Gasteiger partial charge in [0.15, 0.2) is 0 Å². The maximum atomic E-state index is 14.4. The number of methoxy groups -OCH3 is 1. The molecule has 1 aliphatic heterocycles. The van der Waals surface area contributed by atoms with E-state index in [-0.39, 0.29) is 34.4 Å². The number of rotatable bonds is 6. The summed E-state index contributed by atoms with van der Waals surface area (Å²) in [5.41, 5.74) is 8.07. The van der Waals surface area contributed by atoms with Crippen molar-refractivity contribution < 1.29 is 13.9 Å². The van der Waals surface area contributed by atoms with Gasteiger partial charge in [-0.25, -0.2) is 9.37 Å². The van der Waals surface area contributed by atoms with Gasteiger partial charge in [0.1, 0.15) is 17.2 Å². The van der Waals surface area contributed by atoms with Gasteiger partial charge in [-0.05, 0) is 49.7 Å². The second-order valence-corrected chi connectivity index (χ2v) is 8.87. The third kappa shape index (κ3) is 4.15. The van der Waals surface area contributed by atoms with Crippen molar-refractivity contribution in [2.75, 3.05) is 44.5 Å². The number of carbonyl (C=O) groups excluding carboxylic acids is 1. The fourth-order valence-electron chi connectivity index (χ4n) is 4.80. The van der Waals surface area contributed by atoms with Gasteiger partial charge in [-0.15, -0.1) is 0 Å². The maximum Gasteiger partial charge on any atom is 0.261 e. The number of nitrogens with one attached hydrogen (secondary N) is 2. The number of H-pyrrole nitrogens is 2. The quantitative estimate of drug-likeness (QED) is 0.392. The molecule has 3 heterocycles. The Morgan fingerprint density at radius 1 is 1.29 bits per heavy atom. The minimum absolute atomic E-state index is 0.0182. The highest BCUT2D eigenvalue weighted by Gasteiger charge is 2.27. The van der Waals surface area contributed by atoms with Crippen molar-refractivity contribution in [3.63, 3.8) is 0 Å². The summed E-state index contributed by atoms with van der Waals surface area (Å²) < 4.78 is 19.7. The lowest BCUT2D eigenvalue weighted by Gasteiger charge is -2.26. The minimum Gasteiger partial charge on any atom is -0.397 e. The molecule has 2 aromatic carbocycles. The van der Waals surface area contributed by atoms with E-state index in [4.69, 9.17) is 10.5 Å². The zero-order valence-corrected chi connectivity index (χ0v) is 19.6. The molecule has 10 heteroatoms. The first-order valence-electron chi connectivity index (χ1n) is 11.5. The smallest absolute Gasteiger partial charge is 0.261 e. The van der Waals surface area contributed by atoms with Crippen LogP contribution in [0.2, 0.25) is 0 Å². The fourth-order valence-corrected chi connectivity index (χ4v) is 4.80. The Bertz CT molecular complexity index is 1480. The van der Waals surface area contributed by atoms with E-state index in [1.165, 1.54) is 12.1 Å².